The number of aliphatic hydroxyl groups is 1. The molecule has 0 saturated carbocycles. The number of nitrogens with zero attached hydrogens (tertiary/aromatic N) is 1. The molecule has 15 heavy (non-hydrogen) atoms. The van der Waals surface area contributed by atoms with Crippen molar-refractivity contribution < 1.29 is 9.84 Å². The molecule has 0 aliphatic heterocycles. The monoisotopic (exact) mass is 321 g/mol. The second-order valence-corrected chi connectivity index (χ2v) is 4.40. The van der Waals surface area contributed by atoms with Gasteiger partial charge in [0.2, 0.25) is 0 Å². The molecule has 0 spiro atoms. The number of ether oxygens (including phenoxy) is 1. The van der Waals surface area contributed by atoms with Gasteiger partial charge in [0.15, 0.2) is 5.75 Å². The van der Waals surface area contributed by atoms with Crippen LogP contribution in [0.3, 0.4) is 0 Å². The van der Waals surface area contributed by atoms with E-state index in [0.29, 0.717) is 6.61 Å². The molecule has 1 N–H and O–H groups in total. The third kappa shape index (κ3) is 4.79. The summed E-state index contributed by atoms with van der Waals surface area (Å²) in [7, 11) is 0. The molecule has 0 bridgehead atoms. The Labute approximate surface area is 104 Å². The first-order valence-corrected chi connectivity index (χ1v) is 6.18. The minimum absolute atomic E-state index is 0.267. The van der Waals surface area contributed by atoms with Crippen molar-refractivity contribution in [1.82, 2.24) is 4.98 Å². The number of hydrogen-bond acceptors (Lipinski definition) is 3. The third-order valence-corrected chi connectivity index (χ3v) is 2.79. The van der Waals surface area contributed by atoms with E-state index in [-0.39, 0.29) is 6.61 Å². The molecule has 0 unspecified atom stereocenters. The fourth-order valence-corrected chi connectivity index (χ4v) is 1.91. The smallest absolute Gasteiger partial charge is 0.151 e. The van der Waals surface area contributed by atoms with Crippen molar-refractivity contribution >= 4 is 22.6 Å². The third-order valence-electron chi connectivity index (χ3n) is 2.01. The molecular formula is C11H16INO2. The fraction of sp³-hybridized carbons (Fsp3) is 0.545. The summed E-state index contributed by atoms with van der Waals surface area (Å²) in [6.45, 7) is 2.93. The van der Waals surface area contributed by atoms with Crippen LogP contribution in [0.5, 0.6) is 5.75 Å². The zero-order chi connectivity index (χ0) is 11.1. The van der Waals surface area contributed by atoms with Gasteiger partial charge in [0.25, 0.3) is 0 Å². The summed E-state index contributed by atoms with van der Waals surface area (Å²) in [5, 5.41) is 8.61. The Bertz CT molecular complexity index is 305. The summed E-state index contributed by atoms with van der Waals surface area (Å²) in [6.07, 6.45) is 2.84. The van der Waals surface area contributed by atoms with Crippen LogP contribution >= 0.6 is 22.6 Å². The minimum Gasteiger partial charge on any atom is -0.491 e. The zero-order valence-corrected chi connectivity index (χ0v) is 11.0. The van der Waals surface area contributed by atoms with Crippen LogP contribution in [0, 0.1) is 10.6 Å². The van der Waals surface area contributed by atoms with Gasteiger partial charge in [0.1, 0.15) is 3.70 Å². The molecule has 0 radical (unpaired) electrons. The lowest BCUT2D eigenvalue weighted by Crippen LogP contribution is -2.00. The molecule has 1 aromatic rings. The van der Waals surface area contributed by atoms with Gasteiger partial charge in [-0.25, -0.2) is 4.98 Å². The molecule has 1 rings (SSSR count). The molecule has 0 saturated heterocycles. The van der Waals surface area contributed by atoms with Crippen molar-refractivity contribution in [1.29, 1.82) is 0 Å². The van der Waals surface area contributed by atoms with Gasteiger partial charge in [-0.2, -0.15) is 0 Å². The van der Waals surface area contributed by atoms with Gasteiger partial charge in [0.05, 0.1) is 6.61 Å². The maximum Gasteiger partial charge on any atom is 0.151 e. The summed E-state index contributed by atoms with van der Waals surface area (Å²) in [4.78, 5) is 4.31. The summed E-state index contributed by atoms with van der Waals surface area (Å²) in [6, 6.07) is 3.90. The van der Waals surface area contributed by atoms with E-state index in [1.165, 1.54) is 0 Å². The Morgan fingerprint density at radius 2 is 2.13 bits per heavy atom. The lowest BCUT2D eigenvalue weighted by molar-refractivity contribution is 0.265. The van der Waals surface area contributed by atoms with Crippen LogP contribution in [0.1, 0.15) is 25.0 Å². The van der Waals surface area contributed by atoms with Crippen molar-refractivity contribution in [3.05, 3.63) is 21.5 Å². The standard InChI is InChI=1S/C11H16INO2/c1-9-5-6-10(11(12)13-9)15-8-4-2-3-7-14/h5-6,14H,2-4,7-8H2,1H3. The highest BCUT2D eigenvalue weighted by Gasteiger charge is 2.01. The predicted octanol–water partition coefficient (Wildman–Crippen LogP) is 2.54. The molecule has 0 atom stereocenters. The van der Waals surface area contributed by atoms with Gasteiger partial charge in [-0.3, -0.25) is 0 Å². The molecule has 1 heterocycles. The summed E-state index contributed by atoms with van der Waals surface area (Å²) >= 11 is 2.18. The summed E-state index contributed by atoms with van der Waals surface area (Å²) in [5.41, 5.74) is 1.01. The van der Waals surface area contributed by atoms with Crippen LogP contribution in [0.2, 0.25) is 0 Å². The first kappa shape index (κ1) is 12.7. The minimum atomic E-state index is 0.267. The van der Waals surface area contributed by atoms with E-state index in [1.807, 2.05) is 19.1 Å². The molecule has 0 fully saturated rings. The van der Waals surface area contributed by atoms with E-state index in [1.54, 1.807) is 0 Å². The molecule has 0 amide bonds. The number of hydrogen-bond donors (Lipinski definition) is 1. The van der Waals surface area contributed by atoms with E-state index < -0.39 is 0 Å². The average molecular weight is 321 g/mol. The number of aromatic nitrogens is 1. The fourth-order valence-electron chi connectivity index (χ4n) is 1.19. The second kappa shape index (κ2) is 7.00. The van der Waals surface area contributed by atoms with Crippen LogP contribution in [-0.2, 0) is 0 Å². The molecule has 0 aliphatic rings. The average Bonchev–Trinajstić information content (AvgIpc) is 2.20. The SMILES string of the molecule is Cc1ccc(OCCCCCO)c(I)n1. The van der Waals surface area contributed by atoms with Gasteiger partial charge in [0, 0.05) is 12.3 Å². The van der Waals surface area contributed by atoms with E-state index in [4.69, 9.17) is 9.84 Å². The van der Waals surface area contributed by atoms with Gasteiger partial charge in [-0.15, -0.1) is 0 Å². The van der Waals surface area contributed by atoms with E-state index in [9.17, 15) is 0 Å². The van der Waals surface area contributed by atoms with Crippen molar-refractivity contribution in [2.45, 2.75) is 26.2 Å². The van der Waals surface area contributed by atoms with Crippen molar-refractivity contribution in [3.63, 3.8) is 0 Å². The largest absolute Gasteiger partial charge is 0.491 e. The highest BCUT2D eigenvalue weighted by molar-refractivity contribution is 14.1. The van der Waals surface area contributed by atoms with Crippen molar-refractivity contribution in [3.8, 4) is 5.75 Å². The maximum absolute atomic E-state index is 8.61. The number of rotatable bonds is 6. The highest BCUT2D eigenvalue weighted by Crippen LogP contribution is 2.18. The maximum atomic E-state index is 8.61. The topological polar surface area (TPSA) is 42.4 Å². The molecule has 4 heteroatoms. The Balaban J connectivity index is 2.31. The molecule has 84 valence electrons. The lowest BCUT2D eigenvalue weighted by atomic mass is 10.2. The molecule has 0 aromatic carbocycles. The van der Waals surface area contributed by atoms with E-state index in [2.05, 4.69) is 27.6 Å². The van der Waals surface area contributed by atoms with Crippen LogP contribution in [0.15, 0.2) is 12.1 Å². The van der Waals surface area contributed by atoms with Crippen LogP contribution in [-0.4, -0.2) is 23.3 Å². The van der Waals surface area contributed by atoms with E-state index >= 15 is 0 Å². The molecule has 0 aliphatic carbocycles. The van der Waals surface area contributed by atoms with Crippen molar-refractivity contribution in [2.24, 2.45) is 0 Å². The van der Waals surface area contributed by atoms with Crippen LogP contribution in [0.25, 0.3) is 0 Å². The Kier molecular flexibility index (Phi) is 5.93. The van der Waals surface area contributed by atoms with Crippen LogP contribution < -0.4 is 4.74 Å². The zero-order valence-electron chi connectivity index (χ0n) is 8.87. The normalized spacial score (nSPS) is 10.3. The van der Waals surface area contributed by atoms with Gasteiger partial charge >= 0.3 is 0 Å². The summed E-state index contributed by atoms with van der Waals surface area (Å²) in [5.74, 6) is 0.852. The number of pyridine rings is 1. The number of unbranched alkanes of at least 4 members (excludes halogenated alkanes) is 2. The quantitative estimate of drug-likeness (QED) is 0.497. The van der Waals surface area contributed by atoms with Gasteiger partial charge < -0.3 is 9.84 Å². The van der Waals surface area contributed by atoms with Gasteiger partial charge in [-0.05, 0) is 60.9 Å². The van der Waals surface area contributed by atoms with E-state index in [0.717, 1.165) is 34.4 Å². The first-order valence-electron chi connectivity index (χ1n) is 5.11. The molecular weight excluding hydrogens is 305 g/mol. The lowest BCUT2D eigenvalue weighted by Gasteiger charge is -2.07. The first-order chi connectivity index (χ1) is 7.24. The Morgan fingerprint density at radius 3 is 2.80 bits per heavy atom. The van der Waals surface area contributed by atoms with Crippen LogP contribution in [0.4, 0.5) is 0 Å². The Hall–Kier alpha value is -0.360. The molecule has 1 aromatic heterocycles. The predicted molar refractivity (Wildman–Crippen MR) is 68.1 cm³/mol. The van der Waals surface area contributed by atoms with Gasteiger partial charge in [-0.1, -0.05) is 0 Å². The summed E-state index contributed by atoms with van der Waals surface area (Å²) < 4.78 is 6.50. The second-order valence-electron chi connectivity index (χ2n) is 3.37. The highest BCUT2D eigenvalue weighted by atomic mass is 127. The number of halogens is 1. The number of aryl methyl sites for hydroxylation is 1. The van der Waals surface area contributed by atoms with Crippen molar-refractivity contribution in [2.75, 3.05) is 13.2 Å². The number of aliphatic hydroxyl groups excluding tert-OH is 1. The Morgan fingerprint density at radius 1 is 1.33 bits per heavy atom. The molecule has 3 nitrogen and oxygen atoms in total.